The molecule has 5 aromatic carbocycles. The van der Waals surface area contributed by atoms with E-state index in [1.54, 1.807) is 0 Å². The zero-order chi connectivity index (χ0) is 27.8. The second kappa shape index (κ2) is 8.37. The van der Waals surface area contributed by atoms with Gasteiger partial charge in [-0.25, -0.2) is 0 Å². The van der Waals surface area contributed by atoms with Crippen molar-refractivity contribution in [3.05, 3.63) is 70.8 Å². The molecule has 11 heteroatoms. The molecule has 0 spiro atoms. The molecule has 0 saturated heterocycles. The second-order valence-corrected chi connectivity index (χ2v) is 8.99. The van der Waals surface area contributed by atoms with Crippen LogP contribution < -0.4 is 0 Å². The van der Waals surface area contributed by atoms with Crippen molar-refractivity contribution in [3.8, 4) is 0 Å². The molecule has 0 aliphatic heterocycles. The molecule has 0 fully saturated rings. The molecule has 0 unspecified atom stereocenters. The fourth-order valence-corrected chi connectivity index (χ4v) is 5.31. The van der Waals surface area contributed by atoms with Crippen LogP contribution in [0.2, 0.25) is 0 Å². The highest BCUT2D eigenvalue weighted by Crippen LogP contribution is 2.50. The summed E-state index contributed by atoms with van der Waals surface area (Å²) in [5, 5.41) is 7.34. The maximum Gasteiger partial charge on any atom is 0.417 e. The standard InChI is InChI=1S/C27H15F9O2/c28-25(29,30)17-9-6-14-16-8-11-19(27(34,35)36)24-18(26(31,32)33)10-7-15(23(16)24)13-5-4-12(21(17)22(13)14)2-1-3-20(37)38/h4-11H,1-3H2,(H,37,38). The van der Waals surface area contributed by atoms with Crippen LogP contribution in [0.3, 0.4) is 0 Å². The predicted molar refractivity (Wildman–Crippen MR) is 123 cm³/mol. The molecule has 38 heavy (non-hydrogen) atoms. The highest BCUT2D eigenvalue weighted by atomic mass is 19.4. The molecule has 0 amide bonds. The van der Waals surface area contributed by atoms with Crippen molar-refractivity contribution in [2.24, 2.45) is 0 Å². The highest BCUT2D eigenvalue weighted by Gasteiger charge is 2.40. The molecule has 0 aliphatic rings. The van der Waals surface area contributed by atoms with Gasteiger partial charge in [0, 0.05) is 11.8 Å². The SMILES string of the molecule is O=C(O)CCCc1ccc2c3ccc(C(F)(F)F)c4c(C(F)(F)F)ccc(c5ccc(C(F)(F)F)c1c25)c43. The molecule has 0 saturated carbocycles. The normalized spacial score (nSPS) is 13.4. The number of alkyl halides is 9. The summed E-state index contributed by atoms with van der Waals surface area (Å²) in [6, 6.07) is 7.50. The molecule has 5 aromatic rings. The first-order valence-electron chi connectivity index (χ1n) is 11.2. The van der Waals surface area contributed by atoms with E-state index in [1.165, 1.54) is 12.1 Å². The van der Waals surface area contributed by atoms with E-state index >= 15 is 0 Å². The maximum absolute atomic E-state index is 14.1. The van der Waals surface area contributed by atoms with Gasteiger partial charge in [0.2, 0.25) is 0 Å². The van der Waals surface area contributed by atoms with E-state index in [0.717, 1.165) is 24.3 Å². The van der Waals surface area contributed by atoms with Gasteiger partial charge >= 0.3 is 24.5 Å². The maximum atomic E-state index is 14.1. The zero-order valence-electron chi connectivity index (χ0n) is 19.0. The van der Waals surface area contributed by atoms with Gasteiger partial charge in [0.25, 0.3) is 0 Å². The number of carboxylic acid groups (broad SMARTS) is 1. The van der Waals surface area contributed by atoms with Crippen LogP contribution in [0.15, 0.2) is 48.5 Å². The van der Waals surface area contributed by atoms with E-state index in [-0.39, 0.29) is 62.5 Å². The predicted octanol–water partition coefficient (Wildman–Crippen LogP) is 9.20. The molecular weight excluding hydrogens is 527 g/mol. The Bertz CT molecular complexity index is 1660. The first kappa shape index (κ1) is 25.9. The summed E-state index contributed by atoms with van der Waals surface area (Å²) >= 11 is 0. The molecule has 2 nitrogen and oxygen atoms in total. The first-order valence-corrected chi connectivity index (χ1v) is 11.2. The van der Waals surface area contributed by atoms with Crippen LogP contribution in [-0.4, -0.2) is 11.1 Å². The summed E-state index contributed by atoms with van der Waals surface area (Å²) in [7, 11) is 0. The molecule has 0 bridgehead atoms. The molecule has 0 atom stereocenters. The van der Waals surface area contributed by atoms with Crippen molar-refractivity contribution in [1.82, 2.24) is 0 Å². The zero-order valence-corrected chi connectivity index (χ0v) is 19.0. The number of aliphatic carboxylic acids is 1. The summed E-state index contributed by atoms with van der Waals surface area (Å²) < 4.78 is 125. The number of hydrogen-bond acceptors (Lipinski definition) is 1. The van der Waals surface area contributed by atoms with Gasteiger partial charge in [-0.1, -0.05) is 30.3 Å². The third-order valence-corrected chi connectivity index (χ3v) is 6.74. The summed E-state index contributed by atoms with van der Waals surface area (Å²) in [6.45, 7) is 0. The number of carbonyl (C=O) groups is 1. The lowest BCUT2D eigenvalue weighted by Crippen LogP contribution is -2.12. The second-order valence-electron chi connectivity index (χ2n) is 8.99. The summed E-state index contributed by atoms with van der Waals surface area (Å²) in [4.78, 5) is 10.9. The lowest BCUT2D eigenvalue weighted by atomic mass is 9.83. The summed E-state index contributed by atoms with van der Waals surface area (Å²) in [5.74, 6) is -1.13. The number of aryl methyl sites for hydroxylation is 1. The van der Waals surface area contributed by atoms with Crippen molar-refractivity contribution in [1.29, 1.82) is 0 Å². The van der Waals surface area contributed by atoms with Gasteiger partial charge in [-0.2, -0.15) is 39.5 Å². The number of benzene rings is 5. The first-order chi connectivity index (χ1) is 17.6. The highest BCUT2D eigenvalue weighted by molar-refractivity contribution is 6.34. The Morgan fingerprint density at radius 1 is 0.553 bits per heavy atom. The minimum absolute atomic E-state index is 0.0291. The van der Waals surface area contributed by atoms with Gasteiger partial charge in [0.1, 0.15) is 0 Å². The van der Waals surface area contributed by atoms with Crippen LogP contribution in [0.4, 0.5) is 39.5 Å². The topological polar surface area (TPSA) is 37.3 Å². The van der Waals surface area contributed by atoms with Crippen LogP contribution in [0.5, 0.6) is 0 Å². The van der Waals surface area contributed by atoms with Crippen molar-refractivity contribution in [3.63, 3.8) is 0 Å². The Kier molecular flexibility index (Phi) is 5.70. The van der Waals surface area contributed by atoms with Crippen molar-refractivity contribution < 1.29 is 49.4 Å². The van der Waals surface area contributed by atoms with E-state index in [1.807, 2.05) is 0 Å². The quantitative estimate of drug-likeness (QED) is 0.140. The Morgan fingerprint density at radius 3 is 1.32 bits per heavy atom. The average Bonchev–Trinajstić information content (AvgIpc) is 2.79. The molecule has 198 valence electrons. The van der Waals surface area contributed by atoms with E-state index in [4.69, 9.17) is 5.11 Å². The Labute approximate surface area is 207 Å². The van der Waals surface area contributed by atoms with Crippen LogP contribution in [-0.2, 0) is 29.7 Å². The van der Waals surface area contributed by atoms with E-state index in [2.05, 4.69) is 0 Å². The van der Waals surface area contributed by atoms with E-state index in [9.17, 15) is 44.3 Å². The fourth-order valence-electron chi connectivity index (χ4n) is 5.31. The van der Waals surface area contributed by atoms with Crippen molar-refractivity contribution in [2.45, 2.75) is 37.8 Å². The molecular formula is C27H15F9O2. The Balaban J connectivity index is 2.00. The van der Waals surface area contributed by atoms with Gasteiger partial charge in [-0.3, -0.25) is 4.79 Å². The Hall–Kier alpha value is -3.76. The Morgan fingerprint density at radius 2 is 0.921 bits per heavy atom. The van der Waals surface area contributed by atoms with Gasteiger partial charge < -0.3 is 5.11 Å². The minimum Gasteiger partial charge on any atom is -0.481 e. The van der Waals surface area contributed by atoms with Crippen LogP contribution >= 0.6 is 0 Å². The minimum atomic E-state index is -5.12. The molecule has 1 N–H and O–H groups in total. The van der Waals surface area contributed by atoms with Crippen LogP contribution in [0.25, 0.3) is 43.1 Å². The number of rotatable bonds is 4. The van der Waals surface area contributed by atoms with Crippen LogP contribution in [0, 0.1) is 0 Å². The summed E-state index contributed by atoms with van der Waals surface area (Å²) in [6.07, 6.45) is -15.4. The number of hydrogen-bond donors (Lipinski definition) is 1. The number of carboxylic acids is 1. The monoisotopic (exact) mass is 542 g/mol. The fraction of sp³-hybridized carbons (Fsp3) is 0.222. The van der Waals surface area contributed by atoms with Gasteiger partial charge in [-0.05, 0) is 74.3 Å². The number of halogens is 9. The molecule has 0 radical (unpaired) electrons. The van der Waals surface area contributed by atoms with Gasteiger partial charge in [0.05, 0.1) is 16.7 Å². The lowest BCUT2D eigenvalue weighted by Gasteiger charge is -2.23. The number of fused-ring (bicyclic) bond motifs is 2. The smallest absolute Gasteiger partial charge is 0.417 e. The molecule has 0 aliphatic carbocycles. The van der Waals surface area contributed by atoms with Crippen molar-refractivity contribution >= 4 is 49.1 Å². The third kappa shape index (κ3) is 4.04. The molecule has 0 aromatic heterocycles. The average molecular weight is 542 g/mol. The van der Waals surface area contributed by atoms with E-state index in [0.29, 0.717) is 12.1 Å². The molecule has 5 rings (SSSR count). The van der Waals surface area contributed by atoms with Gasteiger partial charge in [-0.15, -0.1) is 0 Å². The largest absolute Gasteiger partial charge is 0.481 e. The van der Waals surface area contributed by atoms with Gasteiger partial charge in [0.15, 0.2) is 0 Å². The molecule has 0 heterocycles. The summed E-state index contributed by atoms with van der Waals surface area (Å²) in [5.41, 5.74) is -3.84. The third-order valence-electron chi connectivity index (χ3n) is 6.74. The van der Waals surface area contributed by atoms with Crippen molar-refractivity contribution in [2.75, 3.05) is 0 Å². The van der Waals surface area contributed by atoms with Crippen LogP contribution in [0.1, 0.15) is 35.1 Å². The van der Waals surface area contributed by atoms with E-state index < -0.39 is 46.6 Å². The lowest BCUT2D eigenvalue weighted by molar-refractivity contribution is -0.140.